The molecule has 0 aromatic heterocycles. The van der Waals surface area contributed by atoms with Gasteiger partial charge in [-0.25, -0.2) is 9.59 Å². The molecule has 0 spiro atoms. The highest BCUT2D eigenvalue weighted by Crippen LogP contribution is 2.35. The van der Waals surface area contributed by atoms with E-state index in [1.807, 2.05) is 34.6 Å². The van der Waals surface area contributed by atoms with Gasteiger partial charge in [0, 0.05) is 15.1 Å². The smallest absolute Gasteiger partial charge is 0.407 e. The number of nitrogens with one attached hydrogen (secondary N) is 1. The monoisotopic (exact) mass is 419 g/mol. The van der Waals surface area contributed by atoms with Gasteiger partial charge in [-0.2, -0.15) is 0 Å². The van der Waals surface area contributed by atoms with Gasteiger partial charge in [-0.1, -0.05) is 41.5 Å². The Hall–Kier alpha value is -1.36. The molecular formula is C20H38NO6P. The van der Waals surface area contributed by atoms with Crippen molar-refractivity contribution in [2.45, 2.75) is 80.0 Å². The van der Waals surface area contributed by atoms with Gasteiger partial charge >= 0.3 is 17.8 Å². The fourth-order valence-electron chi connectivity index (χ4n) is 2.73. The number of carbonyl (C=O) groups excluding carboxylic acids is 3. The third kappa shape index (κ3) is 12.9. The molecule has 0 aliphatic carbocycles. The normalized spacial score (nSPS) is 13.9. The van der Waals surface area contributed by atoms with Crippen molar-refractivity contribution in [2.24, 2.45) is 10.8 Å². The highest BCUT2D eigenvalue weighted by Gasteiger charge is 2.35. The number of carbonyl (C=O) groups is 3. The van der Waals surface area contributed by atoms with E-state index in [0.717, 1.165) is 0 Å². The van der Waals surface area contributed by atoms with Crippen LogP contribution in [0.25, 0.3) is 0 Å². The second kappa shape index (κ2) is 11.0. The van der Waals surface area contributed by atoms with Crippen LogP contribution in [0.4, 0.5) is 9.59 Å². The van der Waals surface area contributed by atoms with Gasteiger partial charge in [0.2, 0.25) is 0 Å². The molecule has 0 saturated heterocycles. The summed E-state index contributed by atoms with van der Waals surface area (Å²) < 4.78 is 15.9. The van der Waals surface area contributed by atoms with Crippen molar-refractivity contribution in [1.29, 1.82) is 0 Å². The lowest BCUT2D eigenvalue weighted by Crippen LogP contribution is -2.36. The van der Waals surface area contributed by atoms with Gasteiger partial charge in [-0.3, -0.25) is 4.79 Å². The maximum absolute atomic E-state index is 12.5. The lowest BCUT2D eigenvalue weighted by molar-refractivity contribution is -0.159. The number of rotatable bonds is 9. The second-order valence-electron chi connectivity index (χ2n) is 9.75. The van der Waals surface area contributed by atoms with E-state index in [0.29, 0.717) is 13.0 Å². The Morgan fingerprint density at radius 2 is 1.46 bits per heavy atom. The van der Waals surface area contributed by atoms with Gasteiger partial charge in [0.25, 0.3) is 0 Å². The predicted octanol–water partition coefficient (Wildman–Crippen LogP) is 4.72. The van der Waals surface area contributed by atoms with Gasteiger partial charge < -0.3 is 19.5 Å². The summed E-state index contributed by atoms with van der Waals surface area (Å²) in [7, 11) is -0.0698. The van der Waals surface area contributed by atoms with Crippen molar-refractivity contribution in [3.8, 4) is 0 Å². The lowest BCUT2D eigenvalue weighted by atomic mass is 9.76. The molecule has 0 saturated carbocycles. The van der Waals surface area contributed by atoms with E-state index in [2.05, 4.69) is 26.1 Å². The second-order valence-corrected chi connectivity index (χ2v) is 11.9. The van der Waals surface area contributed by atoms with E-state index in [1.165, 1.54) is 0 Å². The summed E-state index contributed by atoms with van der Waals surface area (Å²) in [6, 6.07) is 0. The van der Waals surface area contributed by atoms with Gasteiger partial charge in [-0.05, 0) is 37.8 Å². The Kier molecular flexibility index (Phi) is 10.5. The molecule has 8 heteroatoms. The zero-order valence-corrected chi connectivity index (χ0v) is 19.9. The molecule has 0 radical (unpaired) electrons. The van der Waals surface area contributed by atoms with Gasteiger partial charge in [0.05, 0.1) is 5.41 Å². The van der Waals surface area contributed by atoms with Crippen LogP contribution in [-0.4, -0.2) is 48.8 Å². The topological polar surface area (TPSA) is 90.9 Å². The zero-order chi connectivity index (χ0) is 22.2. The number of ether oxygens (including phenoxy) is 3. The maximum atomic E-state index is 12.5. The van der Waals surface area contributed by atoms with E-state index in [1.54, 1.807) is 6.92 Å². The Labute approximate surface area is 171 Å². The van der Waals surface area contributed by atoms with Crippen LogP contribution in [0.5, 0.6) is 0 Å². The average molecular weight is 419 g/mol. The molecule has 2 atom stereocenters. The van der Waals surface area contributed by atoms with E-state index >= 15 is 0 Å². The van der Waals surface area contributed by atoms with Crippen molar-refractivity contribution in [1.82, 2.24) is 5.32 Å². The molecule has 1 amide bonds. The summed E-state index contributed by atoms with van der Waals surface area (Å²) >= 11 is 0. The van der Waals surface area contributed by atoms with Crippen LogP contribution in [0.2, 0.25) is 0 Å². The van der Waals surface area contributed by atoms with Crippen molar-refractivity contribution >= 4 is 26.4 Å². The van der Waals surface area contributed by atoms with Crippen LogP contribution in [-0.2, 0) is 19.0 Å². The van der Waals surface area contributed by atoms with Crippen LogP contribution in [0, 0.1) is 10.8 Å². The van der Waals surface area contributed by atoms with Crippen LogP contribution in [0.3, 0.4) is 0 Å². The predicted molar refractivity (Wildman–Crippen MR) is 112 cm³/mol. The van der Waals surface area contributed by atoms with Crippen molar-refractivity contribution in [2.75, 3.05) is 19.8 Å². The number of hydrogen-bond acceptors (Lipinski definition) is 6. The Morgan fingerprint density at radius 1 is 0.929 bits per heavy atom. The van der Waals surface area contributed by atoms with Crippen molar-refractivity contribution in [3.05, 3.63) is 0 Å². The Balaban J connectivity index is 4.92. The molecule has 0 aliphatic heterocycles. The highest BCUT2D eigenvalue weighted by atomic mass is 31.1. The minimum Gasteiger partial charge on any atom is -0.461 e. The molecule has 2 unspecified atom stereocenters. The first-order chi connectivity index (χ1) is 12.6. The molecule has 0 aliphatic rings. The molecule has 0 heterocycles. The van der Waals surface area contributed by atoms with Crippen molar-refractivity contribution in [3.63, 3.8) is 0 Å². The molecule has 0 fully saturated rings. The summed E-state index contributed by atoms with van der Waals surface area (Å²) in [5.41, 5.74) is -1.12. The highest BCUT2D eigenvalue weighted by molar-refractivity contribution is 7.58. The van der Waals surface area contributed by atoms with E-state index in [4.69, 9.17) is 14.2 Å². The van der Waals surface area contributed by atoms with Gasteiger partial charge in [0.15, 0.2) is 6.10 Å². The number of hydrogen-bond donors (Lipinski definition) is 1. The number of alkyl carbamates (subject to hydrolysis) is 1. The molecule has 0 bridgehead atoms. The fraction of sp³-hybridized carbons (Fsp3) is 0.850. The molecule has 0 aromatic carbocycles. The summed E-state index contributed by atoms with van der Waals surface area (Å²) in [4.78, 5) is 36.2. The lowest BCUT2D eigenvalue weighted by Gasteiger charge is -2.31. The van der Waals surface area contributed by atoms with Crippen LogP contribution in [0.15, 0.2) is 0 Å². The third-order valence-corrected chi connectivity index (χ3v) is 4.47. The summed E-state index contributed by atoms with van der Waals surface area (Å²) in [5, 5.41) is 2.28. The van der Waals surface area contributed by atoms with E-state index < -0.39 is 23.3 Å². The first kappa shape index (κ1) is 26.6. The van der Waals surface area contributed by atoms with Crippen LogP contribution in [0.1, 0.15) is 68.7 Å². The molecular weight excluding hydrogens is 381 g/mol. The van der Waals surface area contributed by atoms with Crippen molar-refractivity contribution < 1.29 is 28.6 Å². The zero-order valence-electron chi connectivity index (χ0n) is 18.9. The molecule has 1 N–H and O–H groups in total. The Bertz CT molecular complexity index is 534. The molecule has 7 nitrogen and oxygen atoms in total. The minimum absolute atomic E-state index is 0.0381. The molecule has 0 aromatic rings. The molecule has 0 rings (SSSR count). The van der Waals surface area contributed by atoms with Gasteiger partial charge in [-0.15, -0.1) is 0 Å². The van der Waals surface area contributed by atoms with Gasteiger partial charge in [0.1, 0.15) is 13.2 Å². The van der Waals surface area contributed by atoms with Crippen LogP contribution >= 0.6 is 8.58 Å². The third-order valence-electron chi connectivity index (χ3n) is 3.40. The van der Waals surface area contributed by atoms with E-state index in [9.17, 15) is 14.4 Å². The first-order valence-electron chi connectivity index (χ1n) is 9.62. The van der Waals surface area contributed by atoms with Crippen LogP contribution < -0.4 is 5.32 Å². The SMILES string of the molecule is CCNC(=O)OCC(COC(=O)C(C)(C)CC(C)(C)C)OC(=O)PC(C)(C)C. The summed E-state index contributed by atoms with van der Waals surface area (Å²) in [5.74, 6) is -0.375. The van der Waals surface area contributed by atoms with E-state index in [-0.39, 0.29) is 38.3 Å². The summed E-state index contributed by atoms with van der Waals surface area (Å²) in [6.45, 7) is 17.5. The average Bonchev–Trinajstić information content (AvgIpc) is 2.45. The quantitative estimate of drug-likeness (QED) is 0.330. The standard InChI is InChI=1S/C20H38NO6P/c1-10-21-16(23)26-12-14(27-17(24)28-19(5,6)7)11-25-15(22)20(8,9)13-18(2,3)4/h14,28H,10-13H2,1-9H3,(H,21,23). The minimum atomic E-state index is -0.848. The first-order valence-corrected chi connectivity index (χ1v) is 10.6. The largest absolute Gasteiger partial charge is 0.461 e. The molecule has 164 valence electrons. The maximum Gasteiger partial charge on any atom is 0.407 e. The Morgan fingerprint density at radius 3 is 1.93 bits per heavy atom. The number of esters is 1. The molecule has 28 heavy (non-hydrogen) atoms. The fourth-order valence-corrected chi connectivity index (χ4v) is 3.57. The summed E-state index contributed by atoms with van der Waals surface area (Å²) in [6.07, 6.45) is -0.815. The number of amides is 1.